The van der Waals surface area contributed by atoms with Crippen molar-refractivity contribution in [2.24, 2.45) is 5.73 Å². The van der Waals surface area contributed by atoms with Crippen LogP contribution in [0.25, 0.3) is 5.65 Å². The van der Waals surface area contributed by atoms with Gasteiger partial charge in [0, 0.05) is 29.9 Å². The lowest BCUT2D eigenvalue weighted by molar-refractivity contribution is 0.372. The average molecular weight is 217 g/mol. The van der Waals surface area contributed by atoms with Gasteiger partial charge in [-0.15, -0.1) is 0 Å². The topological polar surface area (TPSA) is 68.2 Å². The molecule has 0 aromatic carbocycles. The zero-order chi connectivity index (χ0) is 11.1. The molecule has 3 N–H and O–H groups in total. The van der Waals surface area contributed by atoms with Crippen LogP contribution in [0, 0.1) is 6.92 Å². The second-order valence-corrected chi connectivity index (χ2v) is 4.46. The fourth-order valence-corrected chi connectivity index (χ4v) is 2.13. The number of nitrogens with one attached hydrogen (secondary N) is 1. The normalized spacial score (nSPS) is 24.4. The van der Waals surface area contributed by atoms with E-state index in [1.165, 1.54) is 0 Å². The smallest absolute Gasteiger partial charge is 0.157 e. The van der Waals surface area contributed by atoms with Crippen molar-refractivity contribution < 1.29 is 0 Å². The fraction of sp³-hybridized carbons (Fsp3) is 0.455. The summed E-state index contributed by atoms with van der Waals surface area (Å²) in [4.78, 5) is 4.40. The van der Waals surface area contributed by atoms with Gasteiger partial charge in [0.2, 0.25) is 0 Å². The first-order valence-corrected chi connectivity index (χ1v) is 5.56. The van der Waals surface area contributed by atoms with Crippen molar-refractivity contribution in [2.75, 3.05) is 5.32 Å². The first-order valence-electron chi connectivity index (χ1n) is 5.56. The molecular weight excluding hydrogens is 202 g/mol. The SMILES string of the molecule is Cc1cc(N[C@H]2C[C@@H](N)C2)n2nccc2n1. The molecule has 0 amide bonds. The Bertz CT molecular complexity index is 512. The summed E-state index contributed by atoms with van der Waals surface area (Å²) in [5.41, 5.74) is 7.65. The molecular formula is C11H15N5. The van der Waals surface area contributed by atoms with Gasteiger partial charge in [0.15, 0.2) is 5.65 Å². The predicted molar refractivity (Wildman–Crippen MR) is 62.3 cm³/mol. The van der Waals surface area contributed by atoms with E-state index in [-0.39, 0.29) is 0 Å². The summed E-state index contributed by atoms with van der Waals surface area (Å²) in [6.45, 7) is 1.99. The maximum absolute atomic E-state index is 5.77. The monoisotopic (exact) mass is 217 g/mol. The van der Waals surface area contributed by atoms with Gasteiger partial charge in [-0.05, 0) is 19.8 Å². The molecule has 3 rings (SSSR count). The molecule has 0 bridgehead atoms. The second-order valence-electron chi connectivity index (χ2n) is 4.46. The van der Waals surface area contributed by atoms with Crippen molar-refractivity contribution in [2.45, 2.75) is 31.8 Å². The highest BCUT2D eigenvalue weighted by molar-refractivity contribution is 5.49. The Morgan fingerprint density at radius 2 is 2.31 bits per heavy atom. The molecule has 2 heterocycles. The highest BCUT2D eigenvalue weighted by Gasteiger charge is 2.26. The van der Waals surface area contributed by atoms with Crippen molar-refractivity contribution in [1.29, 1.82) is 0 Å². The van der Waals surface area contributed by atoms with Crippen molar-refractivity contribution >= 4 is 11.5 Å². The molecule has 2 aromatic rings. The van der Waals surface area contributed by atoms with Crippen LogP contribution in [0.3, 0.4) is 0 Å². The van der Waals surface area contributed by atoms with Gasteiger partial charge in [0.1, 0.15) is 5.82 Å². The second kappa shape index (κ2) is 3.45. The summed E-state index contributed by atoms with van der Waals surface area (Å²) in [5.74, 6) is 1.00. The van der Waals surface area contributed by atoms with Crippen LogP contribution in [0.5, 0.6) is 0 Å². The highest BCUT2D eigenvalue weighted by atomic mass is 15.3. The maximum atomic E-state index is 5.77. The van der Waals surface area contributed by atoms with E-state index in [9.17, 15) is 0 Å². The lowest BCUT2D eigenvalue weighted by Gasteiger charge is -2.33. The van der Waals surface area contributed by atoms with Crippen molar-refractivity contribution in [1.82, 2.24) is 14.6 Å². The Balaban J connectivity index is 1.92. The third-order valence-electron chi connectivity index (χ3n) is 3.01. The van der Waals surface area contributed by atoms with E-state index in [4.69, 9.17) is 5.73 Å². The van der Waals surface area contributed by atoms with Gasteiger partial charge < -0.3 is 11.1 Å². The van der Waals surface area contributed by atoms with Crippen LogP contribution in [-0.4, -0.2) is 26.7 Å². The van der Waals surface area contributed by atoms with E-state index < -0.39 is 0 Å². The Kier molecular flexibility index (Phi) is 2.07. The third kappa shape index (κ3) is 1.53. The van der Waals surface area contributed by atoms with Crippen LogP contribution in [0.4, 0.5) is 5.82 Å². The minimum absolute atomic E-state index is 0.355. The standard InChI is InChI=1S/C11H15N5/c1-7-4-11(15-9-5-8(12)6-9)16-10(14-7)2-3-13-16/h2-4,8-9,15H,5-6,12H2,1H3/t8-,9+. The third-order valence-corrected chi connectivity index (χ3v) is 3.01. The first-order chi connectivity index (χ1) is 7.72. The molecule has 1 saturated carbocycles. The number of hydrogen-bond donors (Lipinski definition) is 2. The molecule has 0 spiro atoms. The highest BCUT2D eigenvalue weighted by Crippen LogP contribution is 2.23. The molecule has 5 nitrogen and oxygen atoms in total. The van der Waals surface area contributed by atoms with E-state index in [0.29, 0.717) is 12.1 Å². The van der Waals surface area contributed by atoms with Gasteiger partial charge in [-0.25, -0.2) is 4.98 Å². The van der Waals surface area contributed by atoms with Crippen molar-refractivity contribution in [3.05, 3.63) is 24.0 Å². The number of nitrogens with zero attached hydrogens (tertiary/aromatic N) is 3. The minimum Gasteiger partial charge on any atom is -0.367 e. The molecule has 1 fully saturated rings. The lowest BCUT2D eigenvalue weighted by atomic mass is 9.88. The van der Waals surface area contributed by atoms with E-state index in [2.05, 4.69) is 15.4 Å². The van der Waals surface area contributed by atoms with E-state index in [1.807, 2.05) is 23.6 Å². The van der Waals surface area contributed by atoms with E-state index >= 15 is 0 Å². The summed E-state index contributed by atoms with van der Waals surface area (Å²) < 4.78 is 1.83. The lowest BCUT2D eigenvalue weighted by Crippen LogP contribution is -2.44. The summed E-state index contributed by atoms with van der Waals surface area (Å²) in [5, 5.41) is 7.71. The fourth-order valence-electron chi connectivity index (χ4n) is 2.13. The Hall–Kier alpha value is -1.62. The molecule has 0 unspecified atom stereocenters. The van der Waals surface area contributed by atoms with Crippen molar-refractivity contribution in [3.63, 3.8) is 0 Å². The molecule has 2 aromatic heterocycles. The zero-order valence-corrected chi connectivity index (χ0v) is 9.22. The van der Waals surface area contributed by atoms with Crippen LogP contribution in [0.2, 0.25) is 0 Å². The van der Waals surface area contributed by atoms with Crippen LogP contribution in [-0.2, 0) is 0 Å². The summed E-state index contributed by atoms with van der Waals surface area (Å²) >= 11 is 0. The molecule has 16 heavy (non-hydrogen) atoms. The largest absolute Gasteiger partial charge is 0.367 e. The Morgan fingerprint density at radius 1 is 1.50 bits per heavy atom. The average Bonchev–Trinajstić information content (AvgIpc) is 2.62. The van der Waals surface area contributed by atoms with E-state index in [1.54, 1.807) is 6.20 Å². The van der Waals surface area contributed by atoms with Gasteiger partial charge in [-0.3, -0.25) is 0 Å². The van der Waals surface area contributed by atoms with Gasteiger partial charge in [0.05, 0.1) is 6.20 Å². The molecule has 0 atom stereocenters. The number of aromatic nitrogens is 3. The molecule has 5 heteroatoms. The Labute approximate surface area is 93.7 Å². The quantitative estimate of drug-likeness (QED) is 0.785. The van der Waals surface area contributed by atoms with Gasteiger partial charge in [-0.2, -0.15) is 9.61 Å². The molecule has 84 valence electrons. The first kappa shape index (κ1) is 9.59. The zero-order valence-electron chi connectivity index (χ0n) is 9.22. The van der Waals surface area contributed by atoms with Crippen LogP contribution in [0.1, 0.15) is 18.5 Å². The summed E-state index contributed by atoms with van der Waals surface area (Å²) in [6.07, 6.45) is 3.83. The summed E-state index contributed by atoms with van der Waals surface area (Å²) in [6, 6.07) is 4.76. The number of fused-ring (bicyclic) bond motifs is 1. The molecule has 0 aliphatic heterocycles. The number of nitrogens with two attached hydrogens (primary N) is 1. The molecule has 0 radical (unpaired) electrons. The number of hydrogen-bond acceptors (Lipinski definition) is 4. The maximum Gasteiger partial charge on any atom is 0.157 e. The van der Waals surface area contributed by atoms with Crippen LogP contribution in [0.15, 0.2) is 18.3 Å². The van der Waals surface area contributed by atoms with Crippen LogP contribution < -0.4 is 11.1 Å². The molecule has 1 aliphatic carbocycles. The van der Waals surface area contributed by atoms with Crippen molar-refractivity contribution in [3.8, 4) is 0 Å². The minimum atomic E-state index is 0.355. The van der Waals surface area contributed by atoms with Crippen LogP contribution >= 0.6 is 0 Å². The number of aryl methyl sites for hydroxylation is 1. The van der Waals surface area contributed by atoms with E-state index in [0.717, 1.165) is 30.0 Å². The molecule has 0 saturated heterocycles. The van der Waals surface area contributed by atoms with Gasteiger partial charge in [0.25, 0.3) is 0 Å². The Morgan fingerprint density at radius 3 is 3.06 bits per heavy atom. The summed E-state index contributed by atoms with van der Waals surface area (Å²) in [7, 11) is 0. The molecule has 1 aliphatic rings. The van der Waals surface area contributed by atoms with Gasteiger partial charge in [-0.1, -0.05) is 0 Å². The number of anilines is 1. The number of rotatable bonds is 2. The van der Waals surface area contributed by atoms with Gasteiger partial charge >= 0.3 is 0 Å². The predicted octanol–water partition coefficient (Wildman–Crippen LogP) is 0.939.